The number of nitrogens with zero attached hydrogens (tertiary/aromatic N) is 2. The fourth-order valence-corrected chi connectivity index (χ4v) is 3.31. The van der Waals surface area contributed by atoms with Crippen molar-refractivity contribution in [1.82, 2.24) is 9.97 Å². The summed E-state index contributed by atoms with van der Waals surface area (Å²) in [5, 5.41) is 0.582. The molecule has 0 saturated heterocycles. The molecule has 1 heterocycles. The molecule has 2 aromatic carbocycles. The van der Waals surface area contributed by atoms with Crippen LogP contribution < -0.4 is 10.5 Å². The van der Waals surface area contributed by atoms with E-state index < -0.39 is 11.8 Å². The third-order valence-corrected chi connectivity index (χ3v) is 5.20. The Kier molecular flexibility index (Phi) is 6.88. The lowest BCUT2D eigenvalue weighted by molar-refractivity contribution is 0.0466. The van der Waals surface area contributed by atoms with Crippen LogP contribution in [0, 0.1) is 5.82 Å². The Labute approximate surface area is 190 Å². The van der Waals surface area contributed by atoms with E-state index in [2.05, 4.69) is 9.97 Å². The molecule has 3 rings (SSSR count). The van der Waals surface area contributed by atoms with Gasteiger partial charge in [-0.05, 0) is 24.3 Å². The van der Waals surface area contributed by atoms with Gasteiger partial charge >= 0.3 is 5.97 Å². The van der Waals surface area contributed by atoms with E-state index in [4.69, 9.17) is 61.6 Å². The standard InChI is InChI=1S/C19H12Cl4FN3O3/c1-29-16-11(21)5-4-10(14(16)24)18-26-15(13(23)17(25)27-18)19(28)30-7-8-2-3-9(20)6-12(8)22/h2-6H,7H2,1H3,(H2,25,26,27). The molecule has 2 N–H and O–H groups in total. The third kappa shape index (κ3) is 4.54. The van der Waals surface area contributed by atoms with Crippen LogP contribution in [0.15, 0.2) is 30.3 Å². The molecule has 0 atom stereocenters. The fraction of sp³-hybridized carbons (Fsp3) is 0.105. The summed E-state index contributed by atoms with van der Waals surface area (Å²) >= 11 is 23.9. The molecule has 0 unspecified atom stereocenters. The number of methoxy groups -OCH3 is 1. The van der Waals surface area contributed by atoms with Crippen molar-refractivity contribution >= 4 is 58.2 Å². The highest BCUT2D eigenvalue weighted by Gasteiger charge is 2.23. The number of benzene rings is 2. The van der Waals surface area contributed by atoms with E-state index in [9.17, 15) is 9.18 Å². The first-order chi connectivity index (χ1) is 14.2. The SMILES string of the molecule is COc1c(Cl)ccc(-c2nc(N)c(Cl)c(C(=O)OCc3ccc(Cl)cc3Cl)n2)c1F. The third-order valence-electron chi connectivity index (χ3n) is 3.94. The van der Waals surface area contributed by atoms with E-state index in [0.29, 0.717) is 15.6 Å². The van der Waals surface area contributed by atoms with Crippen LogP contribution in [-0.4, -0.2) is 23.0 Å². The second kappa shape index (κ2) is 9.22. The Morgan fingerprint density at radius 3 is 2.50 bits per heavy atom. The second-order valence-electron chi connectivity index (χ2n) is 5.85. The smallest absolute Gasteiger partial charge is 0.359 e. The van der Waals surface area contributed by atoms with Gasteiger partial charge in [-0.3, -0.25) is 0 Å². The van der Waals surface area contributed by atoms with Crippen LogP contribution in [0.25, 0.3) is 11.4 Å². The van der Waals surface area contributed by atoms with Crippen molar-refractivity contribution in [3.63, 3.8) is 0 Å². The summed E-state index contributed by atoms with van der Waals surface area (Å²) in [5.74, 6) is -2.35. The van der Waals surface area contributed by atoms with E-state index in [1.165, 1.54) is 25.3 Å². The Bertz CT molecular complexity index is 1140. The largest absolute Gasteiger partial charge is 0.492 e. The van der Waals surface area contributed by atoms with Crippen LogP contribution in [0.1, 0.15) is 16.1 Å². The number of hydrogen-bond acceptors (Lipinski definition) is 6. The molecule has 6 nitrogen and oxygen atoms in total. The first-order valence-electron chi connectivity index (χ1n) is 8.19. The minimum Gasteiger partial charge on any atom is -0.492 e. The highest BCUT2D eigenvalue weighted by Crippen LogP contribution is 2.35. The number of hydrogen-bond donors (Lipinski definition) is 1. The van der Waals surface area contributed by atoms with Gasteiger partial charge in [-0.25, -0.2) is 19.2 Å². The summed E-state index contributed by atoms with van der Waals surface area (Å²) in [6.45, 7) is -0.173. The van der Waals surface area contributed by atoms with Gasteiger partial charge in [-0.15, -0.1) is 0 Å². The summed E-state index contributed by atoms with van der Waals surface area (Å²) in [6.07, 6.45) is 0. The molecule has 0 aliphatic rings. The van der Waals surface area contributed by atoms with Gasteiger partial charge in [0, 0.05) is 15.6 Å². The van der Waals surface area contributed by atoms with Gasteiger partial charge in [0.1, 0.15) is 17.4 Å². The molecule has 0 fully saturated rings. The molecule has 30 heavy (non-hydrogen) atoms. The number of aromatic nitrogens is 2. The molecule has 0 radical (unpaired) electrons. The van der Waals surface area contributed by atoms with Crippen molar-refractivity contribution < 1.29 is 18.7 Å². The summed E-state index contributed by atoms with van der Waals surface area (Å²) < 4.78 is 24.9. The van der Waals surface area contributed by atoms with Crippen molar-refractivity contribution in [2.45, 2.75) is 6.61 Å². The summed E-state index contributed by atoms with van der Waals surface area (Å²) in [4.78, 5) is 20.5. The van der Waals surface area contributed by atoms with Crippen molar-refractivity contribution in [2.75, 3.05) is 12.8 Å². The molecule has 11 heteroatoms. The van der Waals surface area contributed by atoms with Gasteiger partial charge < -0.3 is 15.2 Å². The van der Waals surface area contributed by atoms with Crippen LogP contribution in [0.4, 0.5) is 10.2 Å². The number of carbonyl (C=O) groups is 1. The first-order valence-corrected chi connectivity index (χ1v) is 9.70. The number of halogens is 5. The highest BCUT2D eigenvalue weighted by atomic mass is 35.5. The molecule has 0 spiro atoms. The molecule has 0 saturated carbocycles. The molecule has 0 bridgehead atoms. The van der Waals surface area contributed by atoms with Gasteiger partial charge in [0.15, 0.2) is 23.1 Å². The van der Waals surface area contributed by atoms with Gasteiger partial charge in [-0.1, -0.05) is 52.5 Å². The minimum atomic E-state index is -0.900. The normalized spacial score (nSPS) is 10.7. The van der Waals surface area contributed by atoms with Gasteiger partial charge in [0.2, 0.25) is 0 Å². The minimum absolute atomic E-state index is 0.0557. The molecule has 0 amide bonds. The maximum Gasteiger partial charge on any atom is 0.359 e. The summed E-state index contributed by atoms with van der Waals surface area (Å²) in [6, 6.07) is 7.44. The van der Waals surface area contributed by atoms with Gasteiger partial charge in [-0.2, -0.15) is 0 Å². The molecular weight excluding hydrogens is 479 g/mol. The Hall–Kier alpha value is -2.32. The monoisotopic (exact) mass is 489 g/mol. The Balaban J connectivity index is 1.94. The topological polar surface area (TPSA) is 87.3 Å². The molecule has 3 aromatic rings. The lowest BCUT2D eigenvalue weighted by Gasteiger charge is -2.12. The van der Waals surface area contributed by atoms with Crippen LogP contribution >= 0.6 is 46.4 Å². The van der Waals surface area contributed by atoms with Crippen LogP contribution in [0.3, 0.4) is 0 Å². The Morgan fingerprint density at radius 1 is 1.10 bits per heavy atom. The van der Waals surface area contributed by atoms with E-state index in [1.54, 1.807) is 12.1 Å². The predicted molar refractivity (Wildman–Crippen MR) is 114 cm³/mol. The fourth-order valence-electron chi connectivity index (χ4n) is 2.46. The number of carbonyl (C=O) groups excluding carboxylic acids is 1. The van der Waals surface area contributed by atoms with Crippen LogP contribution in [0.5, 0.6) is 5.75 Å². The maximum absolute atomic E-state index is 14.7. The summed E-state index contributed by atoms with van der Waals surface area (Å²) in [7, 11) is 1.26. The number of anilines is 1. The zero-order chi connectivity index (χ0) is 22.0. The van der Waals surface area contributed by atoms with Gasteiger partial charge in [0.05, 0.1) is 17.7 Å². The number of ether oxygens (including phenoxy) is 2. The first kappa shape index (κ1) is 22.4. The van der Waals surface area contributed by atoms with Gasteiger partial charge in [0.25, 0.3) is 0 Å². The number of rotatable bonds is 5. The molecule has 0 aliphatic carbocycles. The van der Waals surface area contributed by atoms with Crippen LogP contribution in [0.2, 0.25) is 20.1 Å². The molecule has 0 aliphatic heterocycles. The highest BCUT2D eigenvalue weighted by molar-refractivity contribution is 6.36. The summed E-state index contributed by atoms with van der Waals surface area (Å²) in [5.41, 5.74) is 5.88. The lowest BCUT2D eigenvalue weighted by Crippen LogP contribution is -2.12. The van der Waals surface area contributed by atoms with Crippen LogP contribution in [-0.2, 0) is 11.3 Å². The average Bonchev–Trinajstić information content (AvgIpc) is 2.69. The van der Waals surface area contributed by atoms with Crippen molar-refractivity contribution in [2.24, 2.45) is 0 Å². The van der Waals surface area contributed by atoms with Crippen molar-refractivity contribution in [3.05, 3.63) is 67.5 Å². The van der Waals surface area contributed by atoms with E-state index in [0.717, 1.165) is 0 Å². The Morgan fingerprint density at radius 2 is 1.83 bits per heavy atom. The maximum atomic E-state index is 14.7. The van der Waals surface area contributed by atoms with E-state index in [-0.39, 0.29) is 45.3 Å². The quantitative estimate of drug-likeness (QED) is 0.451. The predicted octanol–water partition coefficient (Wildman–Crippen LogP) is 5.84. The molecule has 1 aromatic heterocycles. The average molecular weight is 491 g/mol. The number of esters is 1. The zero-order valence-corrected chi connectivity index (χ0v) is 18.2. The molecule has 156 valence electrons. The van der Waals surface area contributed by atoms with E-state index >= 15 is 0 Å². The van der Waals surface area contributed by atoms with Crippen molar-refractivity contribution in [3.8, 4) is 17.1 Å². The zero-order valence-electron chi connectivity index (χ0n) is 15.2. The lowest BCUT2D eigenvalue weighted by atomic mass is 10.1. The second-order valence-corrected chi connectivity index (χ2v) is 7.48. The molecular formula is C19H12Cl4FN3O3. The number of nitrogen functional groups attached to an aromatic ring is 1. The van der Waals surface area contributed by atoms with Crippen molar-refractivity contribution in [1.29, 1.82) is 0 Å². The number of nitrogens with two attached hydrogens (primary N) is 1. The van der Waals surface area contributed by atoms with E-state index in [1.807, 2.05) is 0 Å².